The Morgan fingerprint density at radius 2 is 1.79 bits per heavy atom. The minimum Gasteiger partial charge on any atom is -0.335 e. The van der Waals surface area contributed by atoms with Crippen LogP contribution in [0, 0.1) is 12.8 Å². The molecular formula is C18H22F3N3. The zero-order valence-electron chi connectivity index (χ0n) is 13.8. The molecule has 1 aliphatic rings. The minimum atomic E-state index is -4.26. The van der Waals surface area contributed by atoms with Crippen LogP contribution in [0.3, 0.4) is 0 Å². The SMILES string of the molecule is Cc1nccn1CC1CCN(Cc2ccc(C(F)(F)F)cc2)CC1. The Morgan fingerprint density at radius 1 is 1.12 bits per heavy atom. The molecule has 0 radical (unpaired) electrons. The number of aryl methyl sites for hydroxylation is 1. The van der Waals surface area contributed by atoms with Gasteiger partial charge in [-0.15, -0.1) is 0 Å². The zero-order valence-corrected chi connectivity index (χ0v) is 13.8. The average molecular weight is 337 g/mol. The van der Waals surface area contributed by atoms with E-state index in [0.29, 0.717) is 5.92 Å². The third kappa shape index (κ3) is 4.17. The monoisotopic (exact) mass is 337 g/mol. The summed E-state index contributed by atoms with van der Waals surface area (Å²) in [7, 11) is 0. The fourth-order valence-electron chi connectivity index (χ4n) is 3.26. The number of imidazole rings is 1. The van der Waals surface area contributed by atoms with Gasteiger partial charge in [-0.3, -0.25) is 4.90 Å². The zero-order chi connectivity index (χ0) is 17.2. The molecule has 0 bridgehead atoms. The van der Waals surface area contributed by atoms with E-state index in [1.54, 1.807) is 12.1 Å². The molecule has 1 aromatic heterocycles. The van der Waals surface area contributed by atoms with Crippen LogP contribution in [0.4, 0.5) is 13.2 Å². The van der Waals surface area contributed by atoms with Gasteiger partial charge in [-0.1, -0.05) is 12.1 Å². The van der Waals surface area contributed by atoms with Crippen LogP contribution in [0.2, 0.25) is 0 Å². The summed E-state index contributed by atoms with van der Waals surface area (Å²) >= 11 is 0. The van der Waals surface area contributed by atoms with Crippen LogP contribution in [-0.2, 0) is 19.3 Å². The van der Waals surface area contributed by atoms with Crippen molar-refractivity contribution in [1.82, 2.24) is 14.5 Å². The molecule has 0 amide bonds. The predicted molar refractivity (Wildman–Crippen MR) is 86.4 cm³/mol. The second-order valence-electron chi connectivity index (χ2n) is 6.54. The van der Waals surface area contributed by atoms with Crippen molar-refractivity contribution in [3.8, 4) is 0 Å². The Balaban J connectivity index is 1.49. The number of halogens is 3. The Kier molecular flexibility index (Phi) is 4.94. The molecule has 0 aliphatic carbocycles. The maximum absolute atomic E-state index is 12.6. The Morgan fingerprint density at radius 3 is 2.33 bits per heavy atom. The fourth-order valence-corrected chi connectivity index (χ4v) is 3.26. The summed E-state index contributed by atoms with van der Waals surface area (Å²) in [4.78, 5) is 6.57. The van der Waals surface area contributed by atoms with Gasteiger partial charge in [0.15, 0.2) is 0 Å². The number of benzene rings is 1. The van der Waals surface area contributed by atoms with Crippen LogP contribution in [0.1, 0.15) is 29.8 Å². The molecule has 1 aliphatic heterocycles. The second kappa shape index (κ2) is 6.97. The van der Waals surface area contributed by atoms with Gasteiger partial charge >= 0.3 is 6.18 Å². The molecule has 2 aromatic rings. The lowest BCUT2D eigenvalue weighted by atomic mass is 9.96. The summed E-state index contributed by atoms with van der Waals surface area (Å²) in [6, 6.07) is 5.52. The van der Waals surface area contributed by atoms with Gasteiger partial charge in [0.25, 0.3) is 0 Å². The van der Waals surface area contributed by atoms with Gasteiger partial charge < -0.3 is 4.57 Å². The highest BCUT2D eigenvalue weighted by Crippen LogP contribution is 2.29. The number of nitrogens with zero attached hydrogens (tertiary/aromatic N) is 3. The molecular weight excluding hydrogens is 315 g/mol. The first-order chi connectivity index (χ1) is 11.4. The van der Waals surface area contributed by atoms with Crippen molar-refractivity contribution in [2.45, 2.75) is 39.0 Å². The van der Waals surface area contributed by atoms with E-state index in [2.05, 4.69) is 14.5 Å². The van der Waals surface area contributed by atoms with Crippen molar-refractivity contribution >= 4 is 0 Å². The van der Waals surface area contributed by atoms with Gasteiger partial charge in [0.2, 0.25) is 0 Å². The summed E-state index contributed by atoms with van der Waals surface area (Å²) in [6.07, 6.45) is 1.80. The van der Waals surface area contributed by atoms with Gasteiger partial charge in [0.05, 0.1) is 5.56 Å². The molecule has 6 heteroatoms. The van der Waals surface area contributed by atoms with Crippen LogP contribution in [0.15, 0.2) is 36.7 Å². The molecule has 0 atom stereocenters. The average Bonchev–Trinajstić information content (AvgIpc) is 2.94. The summed E-state index contributed by atoms with van der Waals surface area (Å²) < 4.78 is 40.0. The first-order valence-corrected chi connectivity index (χ1v) is 8.28. The van der Waals surface area contributed by atoms with Gasteiger partial charge in [-0.2, -0.15) is 13.2 Å². The lowest BCUT2D eigenvalue weighted by Gasteiger charge is -2.32. The van der Waals surface area contributed by atoms with E-state index in [1.807, 2.05) is 19.3 Å². The van der Waals surface area contributed by atoms with E-state index in [1.165, 1.54) is 12.1 Å². The van der Waals surface area contributed by atoms with Crippen LogP contribution in [0.25, 0.3) is 0 Å². The molecule has 1 saturated heterocycles. The number of aromatic nitrogens is 2. The van der Waals surface area contributed by atoms with Gasteiger partial charge in [-0.05, 0) is 56.5 Å². The quantitative estimate of drug-likeness (QED) is 0.837. The Labute approximate surface area is 140 Å². The number of piperidine rings is 1. The molecule has 0 unspecified atom stereocenters. The Bertz CT molecular complexity index is 653. The number of rotatable bonds is 4. The lowest BCUT2D eigenvalue weighted by Crippen LogP contribution is -2.34. The van der Waals surface area contributed by atoms with Crippen LogP contribution >= 0.6 is 0 Å². The highest BCUT2D eigenvalue weighted by atomic mass is 19.4. The number of hydrogen-bond donors (Lipinski definition) is 0. The van der Waals surface area contributed by atoms with Crippen molar-refractivity contribution in [2.75, 3.05) is 13.1 Å². The number of alkyl halides is 3. The maximum atomic E-state index is 12.6. The van der Waals surface area contributed by atoms with Gasteiger partial charge in [-0.25, -0.2) is 4.98 Å². The summed E-state index contributed by atoms with van der Waals surface area (Å²) in [6.45, 7) is 5.70. The van der Waals surface area contributed by atoms with Crippen LogP contribution in [0.5, 0.6) is 0 Å². The topological polar surface area (TPSA) is 21.1 Å². The lowest BCUT2D eigenvalue weighted by molar-refractivity contribution is -0.137. The summed E-state index contributed by atoms with van der Waals surface area (Å²) in [5, 5.41) is 0. The van der Waals surface area contributed by atoms with Crippen molar-refractivity contribution < 1.29 is 13.2 Å². The molecule has 0 spiro atoms. The van der Waals surface area contributed by atoms with E-state index in [4.69, 9.17) is 0 Å². The van der Waals surface area contributed by atoms with E-state index < -0.39 is 11.7 Å². The van der Waals surface area contributed by atoms with Gasteiger partial charge in [0.1, 0.15) is 5.82 Å². The first-order valence-electron chi connectivity index (χ1n) is 8.28. The first kappa shape index (κ1) is 17.0. The molecule has 3 nitrogen and oxygen atoms in total. The molecule has 3 rings (SSSR count). The number of hydrogen-bond acceptors (Lipinski definition) is 2. The van der Waals surface area contributed by atoms with Crippen molar-refractivity contribution in [3.05, 3.63) is 53.6 Å². The second-order valence-corrected chi connectivity index (χ2v) is 6.54. The smallest absolute Gasteiger partial charge is 0.335 e. The molecule has 0 N–H and O–H groups in total. The largest absolute Gasteiger partial charge is 0.416 e. The maximum Gasteiger partial charge on any atom is 0.416 e. The minimum absolute atomic E-state index is 0.583. The number of likely N-dealkylation sites (tertiary alicyclic amines) is 1. The highest BCUT2D eigenvalue weighted by Gasteiger charge is 2.30. The highest BCUT2D eigenvalue weighted by molar-refractivity contribution is 5.24. The summed E-state index contributed by atoms with van der Waals surface area (Å²) in [5.41, 5.74) is 0.354. The van der Waals surface area contributed by atoms with Crippen LogP contribution in [-0.4, -0.2) is 27.5 Å². The van der Waals surface area contributed by atoms with E-state index >= 15 is 0 Å². The van der Waals surface area contributed by atoms with E-state index in [0.717, 1.165) is 50.4 Å². The molecule has 2 heterocycles. The van der Waals surface area contributed by atoms with Crippen molar-refractivity contribution in [3.63, 3.8) is 0 Å². The predicted octanol–water partition coefficient (Wildman–Crippen LogP) is 4.12. The van der Waals surface area contributed by atoms with Gasteiger partial charge in [0, 0.05) is 25.5 Å². The van der Waals surface area contributed by atoms with E-state index in [-0.39, 0.29) is 0 Å². The normalized spacial score (nSPS) is 17.3. The fraction of sp³-hybridized carbons (Fsp3) is 0.500. The third-order valence-electron chi connectivity index (χ3n) is 4.77. The molecule has 1 aromatic carbocycles. The standard InChI is InChI=1S/C18H22F3N3/c1-14-22-8-11-24(14)13-16-6-9-23(10-7-16)12-15-2-4-17(5-3-15)18(19,20)21/h2-5,8,11,16H,6-7,9-10,12-13H2,1H3. The molecule has 1 fully saturated rings. The van der Waals surface area contributed by atoms with E-state index in [9.17, 15) is 13.2 Å². The van der Waals surface area contributed by atoms with Crippen molar-refractivity contribution in [2.24, 2.45) is 5.92 Å². The van der Waals surface area contributed by atoms with Crippen molar-refractivity contribution in [1.29, 1.82) is 0 Å². The van der Waals surface area contributed by atoms with Crippen LogP contribution < -0.4 is 0 Å². The summed E-state index contributed by atoms with van der Waals surface area (Å²) in [5.74, 6) is 1.68. The Hall–Kier alpha value is -1.82. The molecule has 24 heavy (non-hydrogen) atoms. The molecule has 0 saturated carbocycles. The molecule has 130 valence electrons. The third-order valence-corrected chi connectivity index (χ3v) is 4.77.